The molecule has 19 heavy (non-hydrogen) atoms. The minimum absolute atomic E-state index is 0.675. The highest BCUT2D eigenvalue weighted by atomic mass is 16.5. The van der Waals surface area contributed by atoms with Crippen LogP contribution >= 0.6 is 0 Å². The molecular formula is C16H21NO2. The van der Waals surface area contributed by atoms with Gasteiger partial charge in [-0.05, 0) is 24.5 Å². The topological polar surface area (TPSA) is 31.2 Å². The number of aromatic nitrogens is 1. The number of carbonyl (C=O) groups is 1. The lowest BCUT2D eigenvalue weighted by molar-refractivity contribution is 0.112. The highest BCUT2D eigenvalue weighted by Gasteiger charge is 2.05. The van der Waals surface area contributed by atoms with E-state index in [-0.39, 0.29) is 0 Å². The largest absolute Gasteiger partial charge is 0.380 e. The summed E-state index contributed by atoms with van der Waals surface area (Å²) in [6, 6.07) is 7.83. The van der Waals surface area contributed by atoms with E-state index in [0.717, 1.165) is 42.3 Å². The summed E-state index contributed by atoms with van der Waals surface area (Å²) in [5.41, 5.74) is 1.75. The molecule has 0 aliphatic carbocycles. The van der Waals surface area contributed by atoms with Gasteiger partial charge in [0.05, 0.1) is 12.1 Å². The minimum Gasteiger partial charge on any atom is -0.380 e. The van der Waals surface area contributed by atoms with E-state index in [4.69, 9.17) is 4.74 Å². The van der Waals surface area contributed by atoms with Gasteiger partial charge in [0.15, 0.2) is 6.29 Å². The van der Waals surface area contributed by atoms with Crippen LogP contribution in [0.2, 0.25) is 0 Å². The fourth-order valence-corrected chi connectivity index (χ4v) is 2.16. The Bertz CT molecular complexity index is 543. The van der Waals surface area contributed by atoms with Crippen LogP contribution in [0, 0.1) is 5.92 Å². The van der Waals surface area contributed by atoms with Gasteiger partial charge >= 0.3 is 0 Å². The molecule has 0 atom stereocenters. The first-order chi connectivity index (χ1) is 9.22. The average Bonchev–Trinajstić information content (AvgIpc) is 2.81. The van der Waals surface area contributed by atoms with Crippen molar-refractivity contribution in [3.63, 3.8) is 0 Å². The van der Waals surface area contributed by atoms with Crippen LogP contribution in [0.3, 0.4) is 0 Å². The number of aldehydes is 1. The van der Waals surface area contributed by atoms with Gasteiger partial charge in [-0.1, -0.05) is 26.0 Å². The predicted molar refractivity (Wildman–Crippen MR) is 77.6 cm³/mol. The van der Waals surface area contributed by atoms with Crippen LogP contribution in [0.4, 0.5) is 0 Å². The Labute approximate surface area is 114 Å². The smallest absolute Gasteiger partial charge is 0.152 e. The average molecular weight is 259 g/mol. The maximum atomic E-state index is 11.1. The second kappa shape index (κ2) is 6.53. The first-order valence-electron chi connectivity index (χ1n) is 6.83. The second-order valence-corrected chi connectivity index (χ2v) is 5.21. The molecule has 102 valence electrons. The van der Waals surface area contributed by atoms with Crippen LogP contribution in [0.5, 0.6) is 0 Å². The summed E-state index contributed by atoms with van der Waals surface area (Å²) in [6.07, 6.45) is 4.02. The minimum atomic E-state index is 0.675. The molecule has 0 spiro atoms. The van der Waals surface area contributed by atoms with E-state index in [0.29, 0.717) is 12.5 Å². The van der Waals surface area contributed by atoms with Crippen LogP contribution in [0.1, 0.15) is 30.6 Å². The van der Waals surface area contributed by atoms with E-state index in [1.165, 1.54) is 0 Å². The second-order valence-electron chi connectivity index (χ2n) is 5.21. The molecule has 0 unspecified atom stereocenters. The molecular weight excluding hydrogens is 238 g/mol. The van der Waals surface area contributed by atoms with Gasteiger partial charge < -0.3 is 9.30 Å². The SMILES string of the molecule is CC(C)CCOCCn1ccc2cccc(C=O)c21. The number of rotatable bonds is 7. The van der Waals surface area contributed by atoms with Crippen LogP contribution in [0.15, 0.2) is 30.5 Å². The molecule has 3 heteroatoms. The number of benzene rings is 1. The summed E-state index contributed by atoms with van der Waals surface area (Å²) >= 11 is 0. The molecule has 2 rings (SSSR count). The lowest BCUT2D eigenvalue weighted by atomic mass is 10.1. The molecule has 0 aliphatic heterocycles. The first-order valence-corrected chi connectivity index (χ1v) is 6.83. The van der Waals surface area contributed by atoms with Crippen LogP contribution in [-0.2, 0) is 11.3 Å². The van der Waals surface area contributed by atoms with Gasteiger partial charge in [-0.3, -0.25) is 4.79 Å². The van der Waals surface area contributed by atoms with Gasteiger partial charge in [0.2, 0.25) is 0 Å². The Kier molecular flexibility index (Phi) is 4.74. The highest BCUT2D eigenvalue weighted by molar-refractivity contribution is 5.96. The van der Waals surface area contributed by atoms with Crippen molar-refractivity contribution >= 4 is 17.2 Å². The van der Waals surface area contributed by atoms with Crippen molar-refractivity contribution in [3.05, 3.63) is 36.0 Å². The Morgan fingerprint density at radius 1 is 1.26 bits per heavy atom. The van der Waals surface area contributed by atoms with E-state index in [2.05, 4.69) is 18.4 Å². The molecule has 0 radical (unpaired) electrons. The fraction of sp³-hybridized carbons (Fsp3) is 0.438. The molecule has 0 bridgehead atoms. The normalized spacial score (nSPS) is 11.3. The van der Waals surface area contributed by atoms with Crippen molar-refractivity contribution in [3.8, 4) is 0 Å². The summed E-state index contributed by atoms with van der Waals surface area (Å²) in [4.78, 5) is 11.1. The van der Waals surface area contributed by atoms with E-state index in [9.17, 15) is 4.79 Å². The highest BCUT2D eigenvalue weighted by Crippen LogP contribution is 2.19. The quantitative estimate of drug-likeness (QED) is 0.563. The molecule has 1 aromatic carbocycles. The third-order valence-electron chi connectivity index (χ3n) is 3.26. The van der Waals surface area contributed by atoms with E-state index >= 15 is 0 Å². The van der Waals surface area contributed by atoms with E-state index in [1.807, 2.05) is 30.5 Å². The zero-order valence-corrected chi connectivity index (χ0v) is 11.6. The van der Waals surface area contributed by atoms with Gasteiger partial charge in [-0.2, -0.15) is 0 Å². The maximum Gasteiger partial charge on any atom is 0.152 e. The molecule has 0 saturated heterocycles. The van der Waals surface area contributed by atoms with Crippen LogP contribution in [-0.4, -0.2) is 24.1 Å². The molecule has 1 heterocycles. The van der Waals surface area contributed by atoms with Gasteiger partial charge in [-0.25, -0.2) is 0 Å². The zero-order chi connectivity index (χ0) is 13.7. The van der Waals surface area contributed by atoms with Crippen molar-refractivity contribution in [2.45, 2.75) is 26.8 Å². The third-order valence-corrected chi connectivity index (χ3v) is 3.26. The molecule has 0 N–H and O–H groups in total. The first kappa shape index (κ1) is 13.8. The van der Waals surface area contributed by atoms with Gasteiger partial charge in [0.25, 0.3) is 0 Å². The summed E-state index contributed by atoms with van der Waals surface area (Å²) < 4.78 is 7.72. The number of fused-ring (bicyclic) bond motifs is 1. The van der Waals surface area contributed by atoms with E-state index in [1.54, 1.807) is 0 Å². The summed E-state index contributed by atoms with van der Waals surface area (Å²) in [5.74, 6) is 0.675. The number of ether oxygens (including phenoxy) is 1. The Morgan fingerprint density at radius 3 is 2.84 bits per heavy atom. The summed E-state index contributed by atoms with van der Waals surface area (Å²) in [6.45, 7) is 6.66. The third kappa shape index (κ3) is 3.44. The molecule has 0 fully saturated rings. The van der Waals surface area contributed by atoms with Crippen molar-refractivity contribution in [1.29, 1.82) is 0 Å². The molecule has 3 nitrogen and oxygen atoms in total. The fourth-order valence-electron chi connectivity index (χ4n) is 2.16. The molecule has 2 aromatic rings. The van der Waals surface area contributed by atoms with Gasteiger partial charge in [0, 0.05) is 30.3 Å². The molecule has 0 saturated carbocycles. The lowest BCUT2D eigenvalue weighted by Gasteiger charge is -2.09. The van der Waals surface area contributed by atoms with Crippen molar-refractivity contribution in [1.82, 2.24) is 4.57 Å². The number of hydrogen-bond acceptors (Lipinski definition) is 2. The Balaban J connectivity index is 1.99. The van der Waals surface area contributed by atoms with Gasteiger partial charge in [0.1, 0.15) is 0 Å². The standard InChI is InChI=1S/C16H21NO2/c1-13(2)7-10-19-11-9-17-8-6-14-4-3-5-15(12-18)16(14)17/h3-6,8,12-13H,7,9-11H2,1-2H3. The monoisotopic (exact) mass is 259 g/mol. The number of hydrogen-bond donors (Lipinski definition) is 0. The number of para-hydroxylation sites is 1. The van der Waals surface area contributed by atoms with Crippen LogP contribution < -0.4 is 0 Å². The molecule has 0 amide bonds. The van der Waals surface area contributed by atoms with Crippen molar-refractivity contribution < 1.29 is 9.53 Å². The van der Waals surface area contributed by atoms with Crippen molar-refractivity contribution in [2.75, 3.05) is 13.2 Å². The van der Waals surface area contributed by atoms with Gasteiger partial charge in [-0.15, -0.1) is 0 Å². The van der Waals surface area contributed by atoms with Crippen LogP contribution in [0.25, 0.3) is 10.9 Å². The van der Waals surface area contributed by atoms with E-state index < -0.39 is 0 Å². The number of carbonyl (C=O) groups excluding carboxylic acids is 1. The zero-order valence-electron chi connectivity index (χ0n) is 11.6. The summed E-state index contributed by atoms with van der Waals surface area (Å²) in [5, 5.41) is 1.10. The summed E-state index contributed by atoms with van der Waals surface area (Å²) in [7, 11) is 0. The Morgan fingerprint density at radius 2 is 2.11 bits per heavy atom. The Hall–Kier alpha value is -1.61. The maximum absolute atomic E-state index is 11.1. The molecule has 0 aliphatic rings. The molecule has 1 aromatic heterocycles. The number of nitrogens with zero attached hydrogens (tertiary/aromatic N) is 1. The van der Waals surface area contributed by atoms with Crippen molar-refractivity contribution in [2.24, 2.45) is 5.92 Å². The lowest BCUT2D eigenvalue weighted by Crippen LogP contribution is -2.07. The predicted octanol–water partition coefficient (Wildman–Crippen LogP) is 3.52.